The molecular weight excluding hydrogens is 335 g/mol. The van der Waals surface area contributed by atoms with Gasteiger partial charge in [0.15, 0.2) is 0 Å². The number of nitrogens with two attached hydrogens (primary N) is 1. The van der Waals surface area contributed by atoms with Crippen molar-refractivity contribution in [3.8, 4) is 11.1 Å². The van der Waals surface area contributed by atoms with Gasteiger partial charge in [0.2, 0.25) is 0 Å². The van der Waals surface area contributed by atoms with Crippen molar-refractivity contribution in [1.82, 2.24) is 9.97 Å². The molecule has 0 spiro atoms. The topological polar surface area (TPSA) is 94.9 Å². The first-order chi connectivity index (χ1) is 11.3. The summed E-state index contributed by atoms with van der Waals surface area (Å²) < 4.78 is 14.7. The quantitative estimate of drug-likeness (QED) is 0.554. The Kier molecular flexibility index (Phi) is 3.81. The van der Waals surface area contributed by atoms with E-state index in [2.05, 4.69) is 9.97 Å². The van der Waals surface area contributed by atoms with Crippen molar-refractivity contribution in [3.05, 3.63) is 56.7 Å². The number of nitrogen functional groups attached to an aromatic ring is 1. The second-order valence-corrected chi connectivity index (χ2v) is 5.75. The summed E-state index contributed by atoms with van der Waals surface area (Å²) in [6, 6.07) is 3.10. The minimum absolute atomic E-state index is 0.113. The third kappa shape index (κ3) is 2.43. The maximum atomic E-state index is 14.7. The number of hydrogen-bond acceptors (Lipinski definition) is 5. The van der Waals surface area contributed by atoms with Gasteiger partial charge in [-0.3, -0.25) is 15.1 Å². The number of anilines is 1. The predicted molar refractivity (Wildman–Crippen MR) is 90.5 cm³/mol. The smallest absolute Gasteiger partial charge is 0.293 e. The molecule has 0 fully saturated rings. The van der Waals surface area contributed by atoms with E-state index in [1.54, 1.807) is 13.0 Å². The zero-order valence-corrected chi connectivity index (χ0v) is 13.6. The Balaban J connectivity index is 2.37. The Morgan fingerprint density at radius 3 is 2.58 bits per heavy atom. The summed E-state index contributed by atoms with van der Waals surface area (Å²) in [6.07, 6.45) is 2.80. The van der Waals surface area contributed by atoms with Crippen LogP contribution in [0.2, 0.25) is 5.02 Å². The van der Waals surface area contributed by atoms with Crippen LogP contribution in [-0.4, -0.2) is 14.9 Å². The van der Waals surface area contributed by atoms with Gasteiger partial charge in [-0.1, -0.05) is 11.6 Å². The number of aryl methyl sites for hydroxylation is 1. The molecule has 0 aliphatic rings. The van der Waals surface area contributed by atoms with E-state index < -0.39 is 10.7 Å². The van der Waals surface area contributed by atoms with Gasteiger partial charge in [-0.05, 0) is 31.4 Å². The van der Waals surface area contributed by atoms with Gasteiger partial charge in [0.05, 0.1) is 9.95 Å². The van der Waals surface area contributed by atoms with Crippen LogP contribution in [0.3, 0.4) is 0 Å². The Morgan fingerprint density at radius 2 is 1.92 bits per heavy atom. The van der Waals surface area contributed by atoms with E-state index in [4.69, 9.17) is 17.3 Å². The fourth-order valence-electron chi connectivity index (χ4n) is 2.70. The molecule has 2 N–H and O–H groups in total. The lowest BCUT2D eigenvalue weighted by Gasteiger charge is -2.12. The van der Waals surface area contributed by atoms with Gasteiger partial charge >= 0.3 is 0 Å². The van der Waals surface area contributed by atoms with Crippen molar-refractivity contribution >= 4 is 33.9 Å². The van der Waals surface area contributed by atoms with Gasteiger partial charge in [0.25, 0.3) is 5.69 Å². The van der Waals surface area contributed by atoms with Gasteiger partial charge in [0.1, 0.15) is 17.3 Å². The van der Waals surface area contributed by atoms with Crippen molar-refractivity contribution in [1.29, 1.82) is 0 Å². The first-order valence-corrected chi connectivity index (χ1v) is 7.33. The molecule has 1 aromatic carbocycles. The molecule has 0 saturated heterocycles. The molecule has 0 unspecified atom stereocenters. The van der Waals surface area contributed by atoms with Crippen molar-refractivity contribution in [3.63, 3.8) is 0 Å². The number of nitrogens with zero attached hydrogens (tertiary/aromatic N) is 3. The third-order valence-corrected chi connectivity index (χ3v) is 4.25. The maximum absolute atomic E-state index is 14.7. The SMILES string of the molecule is Cc1ncc(-c2cc3cc(N)ncc3c(Cl)c2F)c(C)c1[N+](=O)[O-]. The molecule has 6 nitrogen and oxygen atoms in total. The van der Waals surface area contributed by atoms with Crippen molar-refractivity contribution in [2.75, 3.05) is 5.73 Å². The summed E-state index contributed by atoms with van der Waals surface area (Å²) in [5, 5.41) is 12.1. The summed E-state index contributed by atoms with van der Waals surface area (Å²) in [6.45, 7) is 3.09. The summed E-state index contributed by atoms with van der Waals surface area (Å²) in [7, 11) is 0. The van der Waals surface area contributed by atoms with Crippen LogP contribution < -0.4 is 5.73 Å². The number of halogens is 2. The highest BCUT2D eigenvalue weighted by atomic mass is 35.5. The molecule has 0 amide bonds. The summed E-state index contributed by atoms with van der Waals surface area (Å²) in [5.41, 5.74) is 6.55. The predicted octanol–water partition coefficient (Wildman–Crippen LogP) is 4.20. The molecule has 0 aliphatic heterocycles. The van der Waals surface area contributed by atoms with Crippen molar-refractivity contribution in [2.45, 2.75) is 13.8 Å². The molecule has 2 aromatic heterocycles. The van der Waals surface area contributed by atoms with Crippen molar-refractivity contribution < 1.29 is 9.31 Å². The Hall–Kier alpha value is -2.80. The Labute approximate surface area is 141 Å². The average molecular weight is 347 g/mol. The Bertz CT molecular complexity index is 1010. The van der Waals surface area contributed by atoms with Crippen LogP contribution in [0.5, 0.6) is 0 Å². The van der Waals surface area contributed by atoms with E-state index in [1.165, 1.54) is 25.4 Å². The van der Waals surface area contributed by atoms with E-state index in [0.29, 0.717) is 21.9 Å². The molecule has 2 heterocycles. The number of hydrogen-bond donors (Lipinski definition) is 1. The molecule has 3 rings (SSSR count). The van der Waals surface area contributed by atoms with E-state index in [1.807, 2.05) is 0 Å². The van der Waals surface area contributed by atoms with E-state index in [-0.39, 0.29) is 27.8 Å². The summed E-state index contributed by atoms with van der Waals surface area (Å²) in [5.74, 6) is -0.417. The molecule has 0 bridgehead atoms. The number of pyridine rings is 2. The van der Waals surface area contributed by atoms with E-state index in [0.717, 1.165) is 0 Å². The van der Waals surface area contributed by atoms with Gasteiger partial charge in [0, 0.05) is 34.5 Å². The molecule has 0 atom stereocenters. The van der Waals surface area contributed by atoms with E-state index >= 15 is 0 Å². The van der Waals surface area contributed by atoms with Gasteiger partial charge in [-0.15, -0.1) is 0 Å². The van der Waals surface area contributed by atoms with E-state index in [9.17, 15) is 14.5 Å². The van der Waals surface area contributed by atoms with Gasteiger partial charge in [-0.25, -0.2) is 9.37 Å². The minimum atomic E-state index is -0.682. The molecule has 0 aliphatic carbocycles. The molecule has 0 saturated carbocycles. The zero-order valence-electron chi connectivity index (χ0n) is 12.8. The normalized spacial score (nSPS) is 11.0. The average Bonchev–Trinajstić information content (AvgIpc) is 2.51. The minimum Gasteiger partial charge on any atom is -0.384 e. The lowest BCUT2D eigenvalue weighted by Crippen LogP contribution is -2.01. The highest BCUT2D eigenvalue weighted by Gasteiger charge is 2.23. The van der Waals surface area contributed by atoms with Crippen LogP contribution in [0.4, 0.5) is 15.9 Å². The number of nitro groups is 1. The zero-order chi connectivity index (χ0) is 17.6. The lowest BCUT2D eigenvalue weighted by atomic mass is 9.97. The second-order valence-electron chi connectivity index (χ2n) is 5.37. The standard InChI is InChI=1S/C16H12ClFN4O2/c1-7-11(5-20-8(2)16(7)22(23)24)10-3-9-4-13(19)21-6-12(9)14(17)15(10)18/h3-6H,1-2H3,(H2,19,21). The second kappa shape index (κ2) is 5.68. The number of fused-ring (bicyclic) bond motifs is 1. The number of aromatic nitrogens is 2. The fraction of sp³-hybridized carbons (Fsp3) is 0.125. The van der Waals surface area contributed by atoms with Crippen LogP contribution in [0.1, 0.15) is 11.3 Å². The molecule has 3 aromatic rings. The van der Waals surface area contributed by atoms with Crippen LogP contribution in [0.25, 0.3) is 21.9 Å². The fourth-order valence-corrected chi connectivity index (χ4v) is 2.96. The lowest BCUT2D eigenvalue weighted by molar-refractivity contribution is -0.386. The van der Waals surface area contributed by atoms with Crippen molar-refractivity contribution in [2.24, 2.45) is 0 Å². The van der Waals surface area contributed by atoms with Gasteiger partial charge in [-0.2, -0.15) is 0 Å². The highest BCUT2D eigenvalue weighted by molar-refractivity contribution is 6.36. The van der Waals surface area contributed by atoms with Crippen LogP contribution >= 0.6 is 11.6 Å². The molecular formula is C16H12ClFN4O2. The van der Waals surface area contributed by atoms with Gasteiger partial charge < -0.3 is 5.73 Å². The van der Waals surface area contributed by atoms with Crippen LogP contribution in [0, 0.1) is 29.8 Å². The number of benzene rings is 1. The first kappa shape index (κ1) is 16.1. The maximum Gasteiger partial charge on any atom is 0.293 e. The highest BCUT2D eigenvalue weighted by Crippen LogP contribution is 2.38. The first-order valence-electron chi connectivity index (χ1n) is 6.95. The van der Waals surface area contributed by atoms with Crippen LogP contribution in [-0.2, 0) is 0 Å². The summed E-state index contributed by atoms with van der Waals surface area (Å²) in [4.78, 5) is 18.7. The largest absolute Gasteiger partial charge is 0.384 e. The third-order valence-electron chi connectivity index (χ3n) is 3.88. The molecule has 0 radical (unpaired) electrons. The van der Waals surface area contributed by atoms with Crippen LogP contribution in [0.15, 0.2) is 24.5 Å². The molecule has 24 heavy (non-hydrogen) atoms. The summed E-state index contributed by atoms with van der Waals surface area (Å²) >= 11 is 6.11. The Morgan fingerprint density at radius 1 is 1.21 bits per heavy atom. The molecule has 8 heteroatoms. The monoisotopic (exact) mass is 346 g/mol. The number of rotatable bonds is 2. The molecule has 122 valence electrons.